The predicted octanol–water partition coefficient (Wildman–Crippen LogP) is 2.31. The second kappa shape index (κ2) is 7.42. The number of hydrogen-bond donors (Lipinski definition) is 0. The molecule has 27 heavy (non-hydrogen) atoms. The van der Waals surface area contributed by atoms with Crippen LogP contribution in [-0.4, -0.2) is 41.1 Å². The molecule has 0 aliphatic carbocycles. The minimum absolute atomic E-state index is 0.132. The van der Waals surface area contributed by atoms with Gasteiger partial charge in [-0.3, -0.25) is 14.4 Å². The molecule has 0 amide bonds. The maximum Gasteiger partial charge on any atom is 0.329 e. The fourth-order valence-corrected chi connectivity index (χ4v) is 3.81. The van der Waals surface area contributed by atoms with Crippen LogP contribution in [-0.2, 0) is 37.6 Å². The zero-order valence-corrected chi connectivity index (χ0v) is 15.9. The fourth-order valence-electron chi connectivity index (χ4n) is 3.81. The van der Waals surface area contributed by atoms with Crippen molar-refractivity contribution in [3.63, 3.8) is 0 Å². The Bertz CT molecular complexity index is 861. The van der Waals surface area contributed by atoms with E-state index in [9.17, 15) is 14.4 Å². The van der Waals surface area contributed by atoms with Crippen molar-refractivity contribution in [2.75, 3.05) is 14.2 Å². The van der Waals surface area contributed by atoms with Crippen LogP contribution in [0.3, 0.4) is 0 Å². The number of nitrogens with zero attached hydrogens (tertiary/aromatic N) is 2. The number of hydrogen-bond acceptors (Lipinski definition) is 5. The van der Waals surface area contributed by atoms with E-state index in [0.29, 0.717) is 23.6 Å². The summed E-state index contributed by atoms with van der Waals surface area (Å²) in [5, 5.41) is 0. The molecular formula is C20H24N2O5. The molecule has 0 spiro atoms. The van der Waals surface area contributed by atoms with Crippen LogP contribution in [0.1, 0.15) is 48.1 Å². The third kappa shape index (κ3) is 2.87. The quantitative estimate of drug-likeness (QED) is 0.423. The summed E-state index contributed by atoms with van der Waals surface area (Å²) in [6.45, 7) is 3.24. The largest absolute Gasteiger partial charge is 0.468 e. The maximum absolute atomic E-state index is 13.1. The van der Waals surface area contributed by atoms with Gasteiger partial charge in [-0.1, -0.05) is 13.3 Å². The number of unbranched alkanes of at least 4 members (excludes halogenated alkanes) is 1. The lowest BCUT2D eigenvalue weighted by Gasteiger charge is -2.22. The molecule has 2 aromatic rings. The smallest absolute Gasteiger partial charge is 0.329 e. The summed E-state index contributed by atoms with van der Waals surface area (Å²) in [5.41, 5.74) is -0.0305. The average molecular weight is 372 g/mol. The van der Waals surface area contributed by atoms with E-state index in [2.05, 4.69) is 6.92 Å². The Morgan fingerprint density at radius 1 is 1.07 bits per heavy atom. The molecule has 7 heteroatoms. The Morgan fingerprint density at radius 2 is 1.78 bits per heavy atom. The van der Waals surface area contributed by atoms with Crippen molar-refractivity contribution in [3.8, 4) is 0 Å². The summed E-state index contributed by atoms with van der Waals surface area (Å²) < 4.78 is 13.4. The summed E-state index contributed by atoms with van der Waals surface area (Å²) in [7, 11) is 2.48. The highest BCUT2D eigenvalue weighted by molar-refractivity contribution is 6.09. The number of ketones is 1. The molecule has 0 unspecified atom stereocenters. The Kier molecular flexibility index (Phi) is 5.21. The van der Waals surface area contributed by atoms with Crippen molar-refractivity contribution >= 4 is 17.7 Å². The Labute approximate surface area is 157 Å². The van der Waals surface area contributed by atoms with Gasteiger partial charge in [-0.25, -0.2) is 0 Å². The second-order valence-electron chi connectivity index (χ2n) is 6.66. The molecule has 0 saturated carbocycles. The molecule has 0 saturated heterocycles. The first-order valence-corrected chi connectivity index (χ1v) is 9.08. The van der Waals surface area contributed by atoms with Gasteiger partial charge in [0.05, 0.1) is 25.6 Å². The van der Waals surface area contributed by atoms with E-state index < -0.39 is 17.4 Å². The van der Waals surface area contributed by atoms with Crippen LogP contribution in [0.15, 0.2) is 30.5 Å². The van der Waals surface area contributed by atoms with E-state index in [1.54, 1.807) is 22.8 Å². The standard InChI is InChI=1S/C20H24N2O5/c1-4-5-11-21-12-6-7-14(21)17(23)15-8-9-16-20(18(24)26-2,19(25)27-3)10-13-22(15)16/h6-9,12H,4-5,10-11,13H2,1-3H3. The molecule has 3 heterocycles. The topological polar surface area (TPSA) is 79.5 Å². The maximum atomic E-state index is 13.1. The number of methoxy groups -OCH3 is 2. The van der Waals surface area contributed by atoms with E-state index in [0.717, 1.165) is 19.4 Å². The first-order chi connectivity index (χ1) is 13.0. The number of aromatic nitrogens is 2. The highest BCUT2D eigenvalue weighted by atomic mass is 16.5. The number of rotatable bonds is 7. The molecule has 2 aromatic heterocycles. The van der Waals surface area contributed by atoms with Gasteiger partial charge in [0.1, 0.15) is 0 Å². The lowest BCUT2D eigenvalue weighted by Crippen LogP contribution is -2.43. The van der Waals surface area contributed by atoms with Crippen LogP contribution < -0.4 is 0 Å². The SMILES string of the molecule is CCCCn1cccc1C(=O)c1ccc2n1CCC2(C(=O)OC)C(=O)OC. The van der Waals surface area contributed by atoms with Crippen molar-refractivity contribution in [1.82, 2.24) is 9.13 Å². The molecule has 0 aromatic carbocycles. The molecule has 1 aliphatic rings. The molecule has 1 aliphatic heterocycles. The first-order valence-electron chi connectivity index (χ1n) is 9.08. The van der Waals surface area contributed by atoms with Crippen LogP contribution in [0, 0.1) is 0 Å². The fraction of sp³-hybridized carbons (Fsp3) is 0.450. The van der Waals surface area contributed by atoms with Gasteiger partial charge in [0.2, 0.25) is 11.2 Å². The highest BCUT2D eigenvalue weighted by Gasteiger charge is 2.55. The van der Waals surface area contributed by atoms with Gasteiger partial charge in [0, 0.05) is 25.0 Å². The molecule has 0 radical (unpaired) electrons. The van der Waals surface area contributed by atoms with Gasteiger partial charge in [-0.05, 0) is 37.1 Å². The monoisotopic (exact) mass is 372 g/mol. The van der Waals surface area contributed by atoms with E-state index >= 15 is 0 Å². The van der Waals surface area contributed by atoms with Crippen LogP contribution in [0.25, 0.3) is 0 Å². The lowest BCUT2D eigenvalue weighted by atomic mass is 9.83. The number of fused-ring (bicyclic) bond motifs is 1. The summed E-state index contributed by atoms with van der Waals surface area (Å²) in [4.78, 5) is 38.0. The number of carbonyl (C=O) groups is 3. The molecule has 0 N–H and O–H groups in total. The van der Waals surface area contributed by atoms with Crippen molar-refractivity contribution in [1.29, 1.82) is 0 Å². The lowest BCUT2D eigenvalue weighted by molar-refractivity contribution is -0.161. The summed E-state index contributed by atoms with van der Waals surface area (Å²) in [6.07, 6.45) is 4.12. The van der Waals surface area contributed by atoms with Crippen LogP contribution >= 0.6 is 0 Å². The minimum Gasteiger partial charge on any atom is -0.468 e. The summed E-state index contributed by atoms with van der Waals surface area (Å²) >= 11 is 0. The van der Waals surface area contributed by atoms with Gasteiger partial charge in [-0.15, -0.1) is 0 Å². The van der Waals surface area contributed by atoms with E-state index in [-0.39, 0.29) is 12.2 Å². The van der Waals surface area contributed by atoms with Crippen molar-refractivity contribution in [2.45, 2.75) is 44.7 Å². The van der Waals surface area contributed by atoms with Gasteiger partial charge in [0.15, 0.2) is 0 Å². The molecule has 144 valence electrons. The van der Waals surface area contributed by atoms with Crippen LogP contribution in [0.4, 0.5) is 0 Å². The Morgan fingerprint density at radius 3 is 2.41 bits per heavy atom. The third-order valence-corrected chi connectivity index (χ3v) is 5.24. The second-order valence-corrected chi connectivity index (χ2v) is 6.66. The predicted molar refractivity (Wildman–Crippen MR) is 97.5 cm³/mol. The van der Waals surface area contributed by atoms with Crippen molar-refractivity contribution in [2.24, 2.45) is 0 Å². The third-order valence-electron chi connectivity index (χ3n) is 5.24. The number of carbonyl (C=O) groups excluding carboxylic acids is 3. The summed E-state index contributed by atoms with van der Waals surface area (Å²) in [5.74, 6) is -1.47. The normalized spacial score (nSPS) is 14.6. The van der Waals surface area contributed by atoms with Gasteiger partial charge < -0.3 is 18.6 Å². The van der Waals surface area contributed by atoms with Crippen molar-refractivity contribution in [3.05, 3.63) is 47.5 Å². The molecular weight excluding hydrogens is 348 g/mol. The molecule has 0 bridgehead atoms. The van der Waals surface area contributed by atoms with Crippen LogP contribution in [0.2, 0.25) is 0 Å². The average Bonchev–Trinajstić information content (AvgIpc) is 3.39. The Balaban J connectivity index is 2.01. The minimum atomic E-state index is -1.52. The van der Waals surface area contributed by atoms with E-state index in [1.807, 2.05) is 16.8 Å². The zero-order chi connectivity index (χ0) is 19.6. The van der Waals surface area contributed by atoms with Crippen LogP contribution in [0.5, 0.6) is 0 Å². The number of aryl methyl sites for hydroxylation is 1. The number of esters is 2. The molecule has 0 fully saturated rings. The zero-order valence-electron chi connectivity index (χ0n) is 15.9. The first kappa shape index (κ1) is 18.9. The van der Waals surface area contributed by atoms with Gasteiger partial charge >= 0.3 is 11.9 Å². The van der Waals surface area contributed by atoms with Gasteiger partial charge in [-0.2, -0.15) is 0 Å². The van der Waals surface area contributed by atoms with Gasteiger partial charge in [0.25, 0.3) is 0 Å². The number of ether oxygens (including phenoxy) is 2. The van der Waals surface area contributed by atoms with E-state index in [4.69, 9.17) is 9.47 Å². The summed E-state index contributed by atoms with van der Waals surface area (Å²) in [6, 6.07) is 6.95. The molecule has 0 atom stereocenters. The Hall–Kier alpha value is -2.83. The van der Waals surface area contributed by atoms with E-state index in [1.165, 1.54) is 14.2 Å². The molecule has 3 rings (SSSR count). The highest BCUT2D eigenvalue weighted by Crippen LogP contribution is 2.39. The van der Waals surface area contributed by atoms with Crippen molar-refractivity contribution < 1.29 is 23.9 Å². The molecule has 7 nitrogen and oxygen atoms in total.